The Hall–Kier alpha value is -3.57. The first-order valence-corrected chi connectivity index (χ1v) is 12.8. The van der Waals surface area contributed by atoms with E-state index in [2.05, 4.69) is 20.3 Å². The molecule has 11 heteroatoms. The first kappa shape index (κ1) is 23.2. The van der Waals surface area contributed by atoms with Crippen LogP contribution in [0.4, 0.5) is 5.82 Å². The largest absolute Gasteiger partial charge is 0.496 e. The number of hydrogen-bond donors (Lipinski definition) is 2. The van der Waals surface area contributed by atoms with E-state index in [1.165, 1.54) is 19.8 Å². The van der Waals surface area contributed by atoms with Gasteiger partial charge in [0, 0.05) is 31.3 Å². The van der Waals surface area contributed by atoms with Crippen LogP contribution in [-0.2, 0) is 36.0 Å². The molecule has 0 bridgehead atoms. The average Bonchev–Trinajstić information content (AvgIpc) is 3.46. The zero-order chi connectivity index (χ0) is 24.6. The third-order valence-electron chi connectivity index (χ3n) is 6.10. The highest BCUT2D eigenvalue weighted by atomic mass is 32.2. The van der Waals surface area contributed by atoms with Crippen LogP contribution in [0.25, 0.3) is 11.0 Å². The van der Waals surface area contributed by atoms with Crippen molar-refractivity contribution in [2.75, 3.05) is 25.5 Å². The third-order valence-corrected chi connectivity index (χ3v) is 7.46. The molecule has 2 aromatic heterocycles. The lowest BCUT2D eigenvalue weighted by molar-refractivity contribution is 0.402. The van der Waals surface area contributed by atoms with E-state index in [0.717, 1.165) is 36.3 Å². The van der Waals surface area contributed by atoms with E-state index in [1.54, 1.807) is 12.1 Å². The van der Waals surface area contributed by atoms with Crippen LogP contribution in [0.1, 0.15) is 29.3 Å². The van der Waals surface area contributed by atoms with Crippen LogP contribution < -0.4 is 19.5 Å². The lowest BCUT2D eigenvalue weighted by Crippen LogP contribution is -2.22. The fraction of sp³-hybridized carbons (Fsp3) is 0.333. The minimum Gasteiger partial charge on any atom is -0.496 e. The van der Waals surface area contributed by atoms with Gasteiger partial charge in [0.25, 0.3) is 10.0 Å². The average molecular weight is 498 g/mol. The van der Waals surface area contributed by atoms with E-state index < -0.39 is 10.0 Å². The summed E-state index contributed by atoms with van der Waals surface area (Å²) >= 11 is 0. The van der Waals surface area contributed by atoms with Gasteiger partial charge < -0.3 is 19.3 Å². The number of fused-ring (bicyclic) bond motifs is 2. The number of ether oxygens (including phenoxy) is 2. The number of nitrogens with zero attached hydrogens (tertiary/aromatic N) is 3. The summed E-state index contributed by atoms with van der Waals surface area (Å²) in [6.45, 7) is 4.21. The number of aromatic nitrogens is 3. The van der Waals surface area contributed by atoms with E-state index in [0.29, 0.717) is 29.7 Å². The predicted molar refractivity (Wildman–Crippen MR) is 130 cm³/mol. The Balaban J connectivity index is 1.48. The summed E-state index contributed by atoms with van der Waals surface area (Å²) in [6.07, 6.45) is 3.63. The zero-order valence-corrected chi connectivity index (χ0v) is 20.6. The van der Waals surface area contributed by atoms with E-state index in [9.17, 15) is 8.42 Å². The fourth-order valence-electron chi connectivity index (χ4n) is 4.30. The fourth-order valence-corrected chi connectivity index (χ4v) is 5.53. The van der Waals surface area contributed by atoms with Crippen LogP contribution in [0.5, 0.6) is 11.5 Å². The molecular weight excluding hydrogens is 470 g/mol. The van der Waals surface area contributed by atoms with Gasteiger partial charge in [-0.1, -0.05) is 18.1 Å². The molecule has 0 fully saturated rings. The molecule has 2 N–H and O–H groups in total. The van der Waals surface area contributed by atoms with E-state index >= 15 is 0 Å². The minimum atomic E-state index is -4.01. The molecule has 0 radical (unpaired) electrons. The summed E-state index contributed by atoms with van der Waals surface area (Å²) in [7, 11) is -1.05. The van der Waals surface area contributed by atoms with Crippen LogP contribution in [0.3, 0.4) is 0 Å². The summed E-state index contributed by atoms with van der Waals surface area (Å²) < 4.78 is 47.3. The molecular formula is C24H27N5O5S. The van der Waals surface area contributed by atoms with Gasteiger partial charge in [0.15, 0.2) is 11.4 Å². The van der Waals surface area contributed by atoms with Crippen LogP contribution >= 0.6 is 0 Å². The molecule has 2 aromatic carbocycles. The quantitative estimate of drug-likeness (QED) is 0.381. The van der Waals surface area contributed by atoms with Crippen molar-refractivity contribution in [2.45, 2.75) is 37.8 Å². The highest BCUT2D eigenvalue weighted by Gasteiger charge is 2.25. The lowest BCUT2D eigenvalue weighted by atomic mass is 10.1. The third kappa shape index (κ3) is 4.44. The Bertz CT molecular complexity index is 1470. The van der Waals surface area contributed by atoms with Crippen molar-refractivity contribution in [3.8, 4) is 11.5 Å². The highest BCUT2D eigenvalue weighted by Crippen LogP contribution is 2.36. The second-order valence-electron chi connectivity index (χ2n) is 8.37. The smallest absolute Gasteiger partial charge is 0.266 e. The molecule has 0 amide bonds. The number of nitrogens with one attached hydrogen (secondary N) is 2. The Kier molecular flexibility index (Phi) is 6.12. The number of benzene rings is 2. The first-order chi connectivity index (χ1) is 16.9. The second-order valence-corrected chi connectivity index (χ2v) is 10.0. The monoisotopic (exact) mass is 497 g/mol. The summed E-state index contributed by atoms with van der Waals surface area (Å²) in [5.41, 5.74) is 4.48. The summed E-state index contributed by atoms with van der Waals surface area (Å²) in [6, 6.07) is 8.73. The maximum Gasteiger partial charge on any atom is 0.266 e. The Labute approximate surface area is 203 Å². The number of methoxy groups -OCH3 is 2. The topological polar surface area (TPSA) is 121 Å². The molecule has 10 nitrogen and oxygen atoms in total. The Morgan fingerprint density at radius 2 is 1.97 bits per heavy atom. The number of aryl methyl sites for hydroxylation is 1. The number of rotatable bonds is 8. The van der Waals surface area contributed by atoms with Crippen molar-refractivity contribution >= 4 is 26.8 Å². The molecule has 0 aliphatic carbocycles. The number of hydrogen-bond acceptors (Lipinski definition) is 8. The lowest BCUT2D eigenvalue weighted by Gasteiger charge is -2.12. The van der Waals surface area contributed by atoms with Gasteiger partial charge in [-0.2, -0.15) is 5.10 Å². The van der Waals surface area contributed by atoms with Crippen molar-refractivity contribution in [3.63, 3.8) is 0 Å². The SMILES string of the molecule is CCc1ccc(OC)c(S(=O)(=O)Nc2noc3cc(Cn4cc5c(n4)CCNC5)cc(OC)c23)c1. The Morgan fingerprint density at radius 1 is 1.14 bits per heavy atom. The van der Waals surface area contributed by atoms with Crippen molar-refractivity contribution in [3.05, 3.63) is 58.9 Å². The zero-order valence-electron chi connectivity index (χ0n) is 19.8. The normalized spacial score (nSPS) is 13.6. The van der Waals surface area contributed by atoms with E-state index in [1.807, 2.05) is 36.0 Å². The molecule has 1 aliphatic rings. The summed E-state index contributed by atoms with van der Waals surface area (Å²) in [5, 5.41) is 12.5. The van der Waals surface area contributed by atoms with Crippen molar-refractivity contribution in [1.29, 1.82) is 0 Å². The molecule has 1 aliphatic heterocycles. The minimum absolute atomic E-state index is 0.0308. The molecule has 4 aromatic rings. The molecule has 0 unspecified atom stereocenters. The van der Waals surface area contributed by atoms with E-state index in [-0.39, 0.29) is 16.5 Å². The van der Waals surface area contributed by atoms with Crippen molar-refractivity contribution < 1.29 is 22.4 Å². The van der Waals surface area contributed by atoms with Crippen LogP contribution in [0.2, 0.25) is 0 Å². The van der Waals surface area contributed by atoms with Gasteiger partial charge in [0.1, 0.15) is 21.8 Å². The predicted octanol–water partition coefficient (Wildman–Crippen LogP) is 3.10. The van der Waals surface area contributed by atoms with Crippen LogP contribution in [-0.4, -0.2) is 44.1 Å². The highest BCUT2D eigenvalue weighted by molar-refractivity contribution is 7.92. The van der Waals surface area contributed by atoms with E-state index in [4.69, 9.17) is 14.0 Å². The second kappa shape index (κ2) is 9.23. The Morgan fingerprint density at radius 3 is 2.71 bits per heavy atom. The first-order valence-electron chi connectivity index (χ1n) is 11.3. The number of anilines is 1. The van der Waals surface area contributed by atoms with Gasteiger partial charge in [-0.25, -0.2) is 8.42 Å². The molecule has 0 saturated heterocycles. The molecule has 3 heterocycles. The van der Waals surface area contributed by atoms with Gasteiger partial charge >= 0.3 is 0 Å². The maximum atomic E-state index is 13.3. The molecule has 5 rings (SSSR count). The van der Waals surface area contributed by atoms with Crippen molar-refractivity contribution in [2.24, 2.45) is 0 Å². The molecule has 0 spiro atoms. The molecule has 0 atom stereocenters. The van der Waals surface area contributed by atoms with Gasteiger partial charge in [-0.05, 0) is 41.8 Å². The molecule has 0 saturated carbocycles. The van der Waals surface area contributed by atoms with Gasteiger partial charge in [0.05, 0.1) is 26.5 Å². The summed E-state index contributed by atoms with van der Waals surface area (Å²) in [5.74, 6) is 0.742. The summed E-state index contributed by atoms with van der Waals surface area (Å²) in [4.78, 5) is 0.0308. The van der Waals surface area contributed by atoms with Gasteiger partial charge in [0.2, 0.25) is 0 Å². The number of sulfonamides is 1. The molecule has 35 heavy (non-hydrogen) atoms. The molecule has 184 valence electrons. The maximum absolute atomic E-state index is 13.3. The van der Waals surface area contributed by atoms with Gasteiger partial charge in [-0.15, -0.1) is 0 Å². The standard InChI is InChI=1S/C24H27N5O5S/c1-4-15-5-6-19(32-2)22(11-15)35(30,31)28-24-23-20(33-3)9-16(10-21(23)34-27-24)13-29-14-17-12-25-8-7-18(17)26-29/h5-6,9-11,14,25H,4,7-8,12-13H2,1-3H3,(H,27,28). The van der Waals surface area contributed by atoms with Crippen LogP contribution in [0, 0.1) is 0 Å². The van der Waals surface area contributed by atoms with Crippen molar-refractivity contribution in [1.82, 2.24) is 20.3 Å². The van der Waals surface area contributed by atoms with Gasteiger partial charge in [-0.3, -0.25) is 9.40 Å². The van der Waals surface area contributed by atoms with Crippen LogP contribution in [0.15, 0.2) is 45.9 Å².